The van der Waals surface area contributed by atoms with Gasteiger partial charge in [0.15, 0.2) is 0 Å². The van der Waals surface area contributed by atoms with Crippen LogP contribution in [0, 0.1) is 0 Å². The van der Waals surface area contributed by atoms with Crippen molar-refractivity contribution in [3.63, 3.8) is 0 Å². The number of carbonyl (C=O) groups is 1. The molecule has 110 valence electrons. The van der Waals surface area contributed by atoms with Gasteiger partial charge >= 0.3 is 6.03 Å². The number of ether oxygens (including phenoxy) is 1. The Labute approximate surface area is 124 Å². The summed E-state index contributed by atoms with van der Waals surface area (Å²) in [5.74, 6) is 0.775. The third kappa shape index (κ3) is 2.59. The number of hydrogen-bond acceptors (Lipinski definition) is 2. The number of hydrogen-bond donors (Lipinski definition) is 1. The first-order valence-electron chi connectivity index (χ1n) is 7.06. The minimum absolute atomic E-state index is 0.0693. The first-order valence-corrected chi connectivity index (χ1v) is 7.06. The lowest BCUT2D eigenvalue weighted by molar-refractivity contribution is 0.175. The molecule has 1 aromatic carbocycles. The van der Waals surface area contributed by atoms with E-state index in [4.69, 9.17) is 4.74 Å². The number of rotatable bonds is 2. The van der Waals surface area contributed by atoms with Crippen LogP contribution in [0.1, 0.15) is 18.7 Å². The van der Waals surface area contributed by atoms with Crippen LogP contribution in [-0.2, 0) is 6.54 Å². The highest BCUT2D eigenvalue weighted by molar-refractivity contribution is 5.89. The van der Waals surface area contributed by atoms with Crippen molar-refractivity contribution in [2.75, 3.05) is 19.0 Å². The number of anilines is 1. The monoisotopic (exact) mass is 285 g/mol. The van der Waals surface area contributed by atoms with E-state index in [9.17, 15) is 4.79 Å². The van der Waals surface area contributed by atoms with Crippen LogP contribution in [0.25, 0.3) is 0 Å². The van der Waals surface area contributed by atoms with Crippen LogP contribution in [0.3, 0.4) is 0 Å². The molecular formula is C16H19N3O2. The molecule has 0 aliphatic carbocycles. The zero-order valence-corrected chi connectivity index (χ0v) is 12.2. The number of methoxy groups -OCH3 is 1. The lowest BCUT2D eigenvalue weighted by atomic mass is 10.1. The molecular weight excluding hydrogens is 266 g/mol. The highest BCUT2D eigenvalue weighted by Gasteiger charge is 2.27. The summed E-state index contributed by atoms with van der Waals surface area (Å²) in [4.78, 5) is 14.3. The molecule has 21 heavy (non-hydrogen) atoms. The Morgan fingerprint density at radius 2 is 2.00 bits per heavy atom. The maximum atomic E-state index is 12.4. The van der Waals surface area contributed by atoms with Gasteiger partial charge in [0.1, 0.15) is 5.75 Å². The number of fused-ring (bicyclic) bond motifs is 1. The van der Waals surface area contributed by atoms with Crippen molar-refractivity contribution in [1.82, 2.24) is 9.47 Å². The van der Waals surface area contributed by atoms with Crippen molar-refractivity contribution in [3.8, 4) is 5.75 Å². The maximum Gasteiger partial charge on any atom is 0.322 e. The van der Waals surface area contributed by atoms with Crippen molar-refractivity contribution in [3.05, 3.63) is 48.3 Å². The summed E-state index contributed by atoms with van der Waals surface area (Å²) < 4.78 is 7.31. The van der Waals surface area contributed by atoms with Gasteiger partial charge in [-0.25, -0.2) is 4.79 Å². The summed E-state index contributed by atoms with van der Waals surface area (Å²) in [5, 5.41) is 2.94. The second-order valence-corrected chi connectivity index (χ2v) is 5.15. The number of nitrogens with zero attached hydrogens (tertiary/aromatic N) is 2. The molecule has 5 heteroatoms. The second kappa shape index (κ2) is 5.52. The molecule has 3 rings (SSSR count). The van der Waals surface area contributed by atoms with Crippen molar-refractivity contribution >= 4 is 11.7 Å². The lowest BCUT2D eigenvalue weighted by Gasteiger charge is -2.34. The van der Waals surface area contributed by atoms with E-state index in [0.29, 0.717) is 6.54 Å². The second-order valence-electron chi connectivity index (χ2n) is 5.15. The fraction of sp³-hybridized carbons (Fsp3) is 0.312. The van der Waals surface area contributed by atoms with E-state index in [1.54, 1.807) is 7.11 Å². The zero-order chi connectivity index (χ0) is 14.8. The molecule has 1 aromatic heterocycles. The molecule has 0 spiro atoms. The van der Waals surface area contributed by atoms with Crippen molar-refractivity contribution in [1.29, 1.82) is 0 Å². The van der Waals surface area contributed by atoms with Gasteiger partial charge in [-0.2, -0.15) is 0 Å². The fourth-order valence-corrected chi connectivity index (χ4v) is 2.73. The van der Waals surface area contributed by atoms with Crippen LogP contribution >= 0.6 is 0 Å². The highest BCUT2D eigenvalue weighted by Crippen LogP contribution is 2.26. The zero-order valence-electron chi connectivity index (χ0n) is 12.2. The van der Waals surface area contributed by atoms with Gasteiger partial charge in [0.25, 0.3) is 0 Å². The Morgan fingerprint density at radius 3 is 2.71 bits per heavy atom. The Kier molecular flexibility index (Phi) is 3.56. The van der Waals surface area contributed by atoms with Crippen molar-refractivity contribution in [2.45, 2.75) is 19.5 Å². The quantitative estimate of drug-likeness (QED) is 0.921. The van der Waals surface area contributed by atoms with Crippen LogP contribution in [-0.4, -0.2) is 29.2 Å². The summed E-state index contributed by atoms with van der Waals surface area (Å²) in [5.41, 5.74) is 1.94. The average molecular weight is 285 g/mol. The molecule has 0 bridgehead atoms. The summed E-state index contributed by atoms with van der Waals surface area (Å²) in [6.07, 6.45) is 2.06. The largest absolute Gasteiger partial charge is 0.497 e. The van der Waals surface area contributed by atoms with Crippen molar-refractivity contribution in [2.24, 2.45) is 0 Å². The standard InChI is InChI=1S/C16H19N3O2/c1-12-15-4-3-9-18(15)10-11-19(12)16(20)17-13-5-7-14(21-2)8-6-13/h3-9,12H,10-11H2,1-2H3,(H,17,20)/t12-/m0/s1. The van der Waals surface area contributed by atoms with E-state index in [0.717, 1.165) is 18.0 Å². The van der Waals surface area contributed by atoms with Gasteiger partial charge in [0, 0.05) is 30.7 Å². The molecule has 5 nitrogen and oxygen atoms in total. The number of nitrogens with one attached hydrogen (secondary N) is 1. The van der Waals surface area contributed by atoms with Crippen LogP contribution in [0.15, 0.2) is 42.6 Å². The minimum Gasteiger partial charge on any atom is -0.497 e. The first-order chi connectivity index (χ1) is 10.2. The molecule has 1 aliphatic heterocycles. The lowest BCUT2D eigenvalue weighted by Crippen LogP contribution is -2.42. The van der Waals surface area contributed by atoms with Gasteiger partial charge < -0.3 is 19.5 Å². The smallest absolute Gasteiger partial charge is 0.322 e. The third-order valence-electron chi connectivity index (χ3n) is 3.94. The predicted molar refractivity (Wildman–Crippen MR) is 81.6 cm³/mol. The number of benzene rings is 1. The van der Waals surface area contributed by atoms with Crippen LogP contribution < -0.4 is 10.1 Å². The van der Waals surface area contributed by atoms with Gasteiger partial charge in [0.05, 0.1) is 13.2 Å². The van der Waals surface area contributed by atoms with Gasteiger partial charge in [-0.1, -0.05) is 0 Å². The molecule has 2 amide bonds. The van der Waals surface area contributed by atoms with Crippen LogP contribution in [0.2, 0.25) is 0 Å². The molecule has 0 unspecified atom stereocenters. The molecule has 2 aromatic rings. The molecule has 0 fully saturated rings. The summed E-state index contributed by atoms with van der Waals surface area (Å²) in [6.45, 7) is 3.60. The third-order valence-corrected chi connectivity index (χ3v) is 3.94. The molecule has 1 aliphatic rings. The Hall–Kier alpha value is -2.43. The van der Waals surface area contributed by atoms with Crippen molar-refractivity contribution < 1.29 is 9.53 Å². The molecule has 0 saturated heterocycles. The molecule has 1 N–H and O–H groups in total. The van der Waals surface area contributed by atoms with Gasteiger partial charge in [-0.3, -0.25) is 0 Å². The van der Waals surface area contributed by atoms with E-state index in [-0.39, 0.29) is 12.1 Å². The maximum absolute atomic E-state index is 12.4. The van der Waals surface area contributed by atoms with E-state index in [2.05, 4.69) is 29.1 Å². The normalized spacial score (nSPS) is 17.2. The molecule has 0 saturated carbocycles. The van der Waals surface area contributed by atoms with Crippen LogP contribution in [0.5, 0.6) is 5.75 Å². The van der Waals surface area contributed by atoms with E-state index in [1.807, 2.05) is 35.2 Å². The van der Waals surface area contributed by atoms with Gasteiger partial charge in [-0.05, 0) is 43.3 Å². The summed E-state index contributed by atoms with van der Waals surface area (Å²) >= 11 is 0. The Balaban J connectivity index is 1.71. The first kappa shape index (κ1) is 13.5. The highest BCUT2D eigenvalue weighted by atomic mass is 16.5. The number of urea groups is 1. The molecule has 0 radical (unpaired) electrons. The van der Waals surface area contributed by atoms with Gasteiger partial charge in [0.2, 0.25) is 0 Å². The Bertz CT molecular complexity index is 633. The summed E-state index contributed by atoms with van der Waals surface area (Å²) in [7, 11) is 1.62. The summed E-state index contributed by atoms with van der Waals surface area (Å²) in [6, 6.07) is 11.4. The Morgan fingerprint density at radius 1 is 1.24 bits per heavy atom. The number of aromatic nitrogens is 1. The fourth-order valence-electron chi connectivity index (χ4n) is 2.73. The van der Waals surface area contributed by atoms with Gasteiger partial charge in [-0.15, -0.1) is 0 Å². The average Bonchev–Trinajstić information content (AvgIpc) is 2.98. The SMILES string of the molecule is COc1ccc(NC(=O)N2CCn3cccc3[C@@H]2C)cc1. The predicted octanol–water partition coefficient (Wildman–Crippen LogP) is 3.11. The number of amides is 2. The van der Waals surface area contributed by atoms with E-state index >= 15 is 0 Å². The number of carbonyl (C=O) groups excluding carboxylic acids is 1. The minimum atomic E-state index is -0.0693. The topological polar surface area (TPSA) is 46.5 Å². The van der Waals surface area contributed by atoms with Crippen LogP contribution in [0.4, 0.5) is 10.5 Å². The van der Waals surface area contributed by atoms with E-state index in [1.165, 1.54) is 5.69 Å². The molecule has 1 atom stereocenters. The van der Waals surface area contributed by atoms with E-state index < -0.39 is 0 Å². The molecule has 2 heterocycles.